The van der Waals surface area contributed by atoms with Gasteiger partial charge in [0.15, 0.2) is 0 Å². The first kappa shape index (κ1) is 9.60. The molecule has 0 aliphatic carbocycles. The Hall–Kier alpha value is -1.49. The molecule has 5 heteroatoms. The Bertz CT molecular complexity index is 352. The summed E-state index contributed by atoms with van der Waals surface area (Å²) >= 11 is 0. The van der Waals surface area contributed by atoms with Crippen LogP contribution in [-0.2, 0) is 6.54 Å². The monoisotopic (exact) mass is 184 g/mol. The molecule has 1 rings (SSSR count). The van der Waals surface area contributed by atoms with E-state index in [1.165, 1.54) is 6.92 Å². The highest BCUT2D eigenvalue weighted by Crippen LogP contribution is 2.23. The molecule has 2 N–H and O–H groups in total. The lowest BCUT2D eigenvalue weighted by Crippen LogP contribution is -2.05. The van der Waals surface area contributed by atoms with Crippen LogP contribution in [0.4, 0.5) is 10.1 Å². The molecule has 1 aromatic carbocycles. The molecular formula is C8H9FN2O2. The summed E-state index contributed by atoms with van der Waals surface area (Å²) in [7, 11) is 0. The van der Waals surface area contributed by atoms with E-state index in [2.05, 4.69) is 0 Å². The van der Waals surface area contributed by atoms with Crippen molar-refractivity contribution in [2.24, 2.45) is 5.73 Å². The average Bonchev–Trinajstić information content (AvgIpc) is 2.04. The summed E-state index contributed by atoms with van der Waals surface area (Å²) in [6.07, 6.45) is 0. The van der Waals surface area contributed by atoms with Gasteiger partial charge in [-0.15, -0.1) is 0 Å². The lowest BCUT2D eigenvalue weighted by atomic mass is 10.1. The van der Waals surface area contributed by atoms with Crippen LogP contribution >= 0.6 is 0 Å². The van der Waals surface area contributed by atoms with E-state index >= 15 is 0 Å². The molecule has 0 unspecified atom stereocenters. The summed E-state index contributed by atoms with van der Waals surface area (Å²) in [5.41, 5.74) is 5.66. The van der Waals surface area contributed by atoms with Crippen molar-refractivity contribution in [1.82, 2.24) is 0 Å². The number of nitrogens with two attached hydrogens (primary N) is 1. The molecule has 0 heterocycles. The van der Waals surface area contributed by atoms with Crippen LogP contribution in [0.25, 0.3) is 0 Å². The second-order valence-electron chi connectivity index (χ2n) is 2.63. The number of hydrogen-bond acceptors (Lipinski definition) is 3. The van der Waals surface area contributed by atoms with Gasteiger partial charge >= 0.3 is 0 Å². The first-order valence-electron chi connectivity index (χ1n) is 3.70. The fourth-order valence-corrected chi connectivity index (χ4v) is 1.16. The van der Waals surface area contributed by atoms with E-state index in [1.807, 2.05) is 0 Å². The molecule has 1 aromatic rings. The van der Waals surface area contributed by atoms with Gasteiger partial charge in [-0.3, -0.25) is 10.1 Å². The predicted octanol–water partition coefficient (Wildman–Crippen LogP) is 1.50. The van der Waals surface area contributed by atoms with Crippen molar-refractivity contribution in [1.29, 1.82) is 0 Å². The summed E-state index contributed by atoms with van der Waals surface area (Å²) in [6, 6.07) is 2.21. The third-order valence-corrected chi connectivity index (χ3v) is 1.91. The van der Waals surface area contributed by atoms with Crippen molar-refractivity contribution in [3.8, 4) is 0 Å². The Morgan fingerprint density at radius 3 is 2.69 bits per heavy atom. The largest absolute Gasteiger partial charge is 0.326 e. The average molecular weight is 184 g/mol. The van der Waals surface area contributed by atoms with Crippen molar-refractivity contribution in [3.05, 3.63) is 39.2 Å². The van der Waals surface area contributed by atoms with Crippen LogP contribution in [0.3, 0.4) is 0 Å². The fraction of sp³-hybridized carbons (Fsp3) is 0.250. The smallest absolute Gasteiger partial charge is 0.272 e. The number of hydrogen-bond donors (Lipinski definition) is 1. The van der Waals surface area contributed by atoms with Gasteiger partial charge in [-0.2, -0.15) is 0 Å². The van der Waals surface area contributed by atoms with Gasteiger partial charge in [0.25, 0.3) is 5.69 Å². The number of halogens is 1. The third kappa shape index (κ3) is 1.65. The Morgan fingerprint density at radius 1 is 1.62 bits per heavy atom. The molecule has 4 nitrogen and oxygen atoms in total. The lowest BCUT2D eigenvalue weighted by molar-refractivity contribution is -0.385. The Morgan fingerprint density at radius 2 is 2.23 bits per heavy atom. The van der Waals surface area contributed by atoms with E-state index in [9.17, 15) is 14.5 Å². The minimum atomic E-state index is -0.548. The lowest BCUT2D eigenvalue weighted by Gasteiger charge is -2.04. The zero-order valence-electron chi connectivity index (χ0n) is 7.08. The van der Waals surface area contributed by atoms with E-state index < -0.39 is 10.7 Å². The summed E-state index contributed by atoms with van der Waals surface area (Å²) in [6.45, 7) is 1.46. The normalized spacial score (nSPS) is 10.1. The summed E-state index contributed by atoms with van der Waals surface area (Å²) < 4.78 is 13.0. The highest BCUT2D eigenvalue weighted by Gasteiger charge is 2.15. The Kier molecular flexibility index (Phi) is 2.57. The summed E-state index contributed by atoms with van der Waals surface area (Å²) in [5, 5.41) is 10.4. The highest BCUT2D eigenvalue weighted by molar-refractivity contribution is 5.45. The van der Waals surface area contributed by atoms with E-state index in [1.54, 1.807) is 0 Å². The number of nitro benzene ring substituents is 1. The molecule has 0 aromatic heterocycles. The van der Waals surface area contributed by atoms with Gasteiger partial charge in [0.1, 0.15) is 5.82 Å². The summed E-state index contributed by atoms with van der Waals surface area (Å²) in [4.78, 5) is 9.90. The van der Waals surface area contributed by atoms with Crippen molar-refractivity contribution in [2.75, 3.05) is 0 Å². The molecule has 70 valence electrons. The maximum absolute atomic E-state index is 13.0. The second kappa shape index (κ2) is 3.49. The van der Waals surface area contributed by atoms with Crippen molar-refractivity contribution >= 4 is 5.69 Å². The molecule has 0 bridgehead atoms. The molecule has 0 radical (unpaired) electrons. The van der Waals surface area contributed by atoms with Crippen LogP contribution in [0.5, 0.6) is 0 Å². The van der Waals surface area contributed by atoms with E-state index in [4.69, 9.17) is 5.73 Å². The van der Waals surface area contributed by atoms with Gasteiger partial charge in [-0.05, 0) is 13.0 Å². The van der Waals surface area contributed by atoms with Gasteiger partial charge in [0.2, 0.25) is 0 Å². The predicted molar refractivity (Wildman–Crippen MR) is 45.7 cm³/mol. The van der Waals surface area contributed by atoms with Crippen LogP contribution < -0.4 is 5.73 Å². The van der Waals surface area contributed by atoms with Crippen LogP contribution in [0.1, 0.15) is 11.1 Å². The quantitative estimate of drug-likeness (QED) is 0.559. The Balaban J connectivity index is 3.35. The maximum Gasteiger partial charge on any atom is 0.272 e. The minimum Gasteiger partial charge on any atom is -0.326 e. The van der Waals surface area contributed by atoms with Crippen molar-refractivity contribution in [3.63, 3.8) is 0 Å². The van der Waals surface area contributed by atoms with Crippen LogP contribution in [-0.4, -0.2) is 4.92 Å². The molecule has 0 aliphatic rings. The number of rotatable bonds is 2. The zero-order valence-corrected chi connectivity index (χ0v) is 7.08. The number of nitrogens with zero attached hydrogens (tertiary/aromatic N) is 1. The van der Waals surface area contributed by atoms with E-state index in [-0.39, 0.29) is 17.8 Å². The van der Waals surface area contributed by atoms with Crippen LogP contribution in [0.15, 0.2) is 12.1 Å². The standard InChI is InChI=1S/C8H9FN2O2/c1-5-6(4-10)7(9)2-3-8(5)11(12)13/h2-3H,4,10H2,1H3. The molecular weight excluding hydrogens is 175 g/mol. The minimum absolute atomic E-state index is 0.0284. The zero-order chi connectivity index (χ0) is 10.0. The number of nitro groups is 1. The van der Waals surface area contributed by atoms with Crippen molar-refractivity contribution < 1.29 is 9.31 Å². The van der Waals surface area contributed by atoms with Crippen molar-refractivity contribution in [2.45, 2.75) is 13.5 Å². The summed E-state index contributed by atoms with van der Waals surface area (Å²) in [5.74, 6) is -0.495. The molecule has 0 atom stereocenters. The van der Waals surface area contributed by atoms with Gasteiger partial charge in [0.05, 0.1) is 4.92 Å². The van der Waals surface area contributed by atoms with Gasteiger partial charge in [0, 0.05) is 23.7 Å². The van der Waals surface area contributed by atoms with Crippen LogP contribution in [0.2, 0.25) is 0 Å². The molecule has 0 amide bonds. The fourth-order valence-electron chi connectivity index (χ4n) is 1.16. The van der Waals surface area contributed by atoms with E-state index in [0.717, 1.165) is 12.1 Å². The van der Waals surface area contributed by atoms with Gasteiger partial charge in [-0.25, -0.2) is 4.39 Å². The SMILES string of the molecule is Cc1c([N+](=O)[O-])ccc(F)c1CN. The molecule has 0 saturated heterocycles. The number of benzene rings is 1. The molecule has 0 saturated carbocycles. The first-order chi connectivity index (χ1) is 6.07. The molecule has 0 spiro atoms. The second-order valence-corrected chi connectivity index (χ2v) is 2.63. The third-order valence-electron chi connectivity index (χ3n) is 1.91. The highest BCUT2D eigenvalue weighted by atomic mass is 19.1. The van der Waals surface area contributed by atoms with Gasteiger partial charge < -0.3 is 5.73 Å². The molecule has 0 fully saturated rings. The van der Waals surface area contributed by atoms with Gasteiger partial charge in [-0.1, -0.05) is 0 Å². The molecule has 13 heavy (non-hydrogen) atoms. The molecule has 0 aliphatic heterocycles. The topological polar surface area (TPSA) is 69.2 Å². The van der Waals surface area contributed by atoms with Crippen LogP contribution in [0, 0.1) is 22.9 Å². The Labute approximate surface area is 74.3 Å². The van der Waals surface area contributed by atoms with E-state index in [0.29, 0.717) is 5.56 Å². The maximum atomic E-state index is 13.0. The first-order valence-corrected chi connectivity index (χ1v) is 3.70.